The van der Waals surface area contributed by atoms with Gasteiger partial charge in [-0.15, -0.1) is 0 Å². The molecule has 1 N–H and O–H groups in total. The van der Waals surface area contributed by atoms with Crippen molar-refractivity contribution in [2.45, 2.75) is 33.2 Å². The molecule has 1 aromatic carbocycles. The summed E-state index contributed by atoms with van der Waals surface area (Å²) < 4.78 is 2.21. The lowest BCUT2D eigenvalue weighted by atomic mass is 10.0. The second-order valence-corrected chi connectivity index (χ2v) is 4.24. The lowest BCUT2D eigenvalue weighted by molar-refractivity contribution is 0.0697. The number of hydrogen-bond donors (Lipinski definition) is 1. The second-order valence-electron chi connectivity index (χ2n) is 4.24. The maximum Gasteiger partial charge on any atom is 0.335 e. The van der Waals surface area contributed by atoms with Gasteiger partial charge in [0.15, 0.2) is 0 Å². The van der Waals surface area contributed by atoms with Gasteiger partial charge in [-0.25, -0.2) is 4.79 Å². The molecule has 90 valence electrons. The molecule has 0 unspecified atom stereocenters. The zero-order chi connectivity index (χ0) is 12.4. The predicted octanol–water partition coefficient (Wildman–Crippen LogP) is 3.31. The molecule has 3 heteroatoms. The van der Waals surface area contributed by atoms with Crippen molar-refractivity contribution in [1.29, 1.82) is 0 Å². The molecule has 17 heavy (non-hydrogen) atoms. The molecule has 0 atom stereocenters. The van der Waals surface area contributed by atoms with E-state index in [4.69, 9.17) is 5.11 Å². The molecule has 0 aliphatic heterocycles. The summed E-state index contributed by atoms with van der Waals surface area (Å²) in [4.78, 5) is 11.0. The highest BCUT2D eigenvalue weighted by Gasteiger charge is 2.11. The van der Waals surface area contributed by atoms with Crippen LogP contribution in [0.5, 0.6) is 0 Å². The highest BCUT2D eigenvalue weighted by molar-refractivity contribution is 5.95. The van der Waals surface area contributed by atoms with Crippen LogP contribution < -0.4 is 0 Å². The Labute approximate surface area is 101 Å². The molecule has 0 fully saturated rings. The zero-order valence-electron chi connectivity index (χ0n) is 10.2. The van der Waals surface area contributed by atoms with Crippen molar-refractivity contribution >= 4 is 16.9 Å². The molecule has 0 radical (unpaired) electrons. The van der Waals surface area contributed by atoms with Crippen molar-refractivity contribution in [2.24, 2.45) is 0 Å². The maximum absolute atomic E-state index is 11.0. The Bertz CT molecular complexity index is 555. The third kappa shape index (κ3) is 2.05. The number of carbonyl (C=O) groups is 1. The van der Waals surface area contributed by atoms with Gasteiger partial charge in [0.25, 0.3) is 0 Å². The van der Waals surface area contributed by atoms with Gasteiger partial charge in [0.1, 0.15) is 0 Å². The van der Waals surface area contributed by atoms with E-state index in [1.54, 1.807) is 12.1 Å². The number of rotatable bonds is 4. The molecule has 0 aliphatic carbocycles. The molecule has 1 heterocycles. The fraction of sp³-hybridized carbons (Fsp3) is 0.357. The van der Waals surface area contributed by atoms with Crippen LogP contribution in [0.2, 0.25) is 0 Å². The SMILES string of the molecule is CCCn1ccc2cc(C(=O)O)cc(CC)c21. The van der Waals surface area contributed by atoms with Crippen molar-refractivity contribution < 1.29 is 9.90 Å². The lowest BCUT2D eigenvalue weighted by Crippen LogP contribution is -2.01. The van der Waals surface area contributed by atoms with Crippen LogP contribution in [-0.4, -0.2) is 15.6 Å². The molecule has 0 saturated carbocycles. The van der Waals surface area contributed by atoms with Crippen LogP contribution >= 0.6 is 0 Å². The van der Waals surface area contributed by atoms with Crippen molar-refractivity contribution in [3.05, 3.63) is 35.5 Å². The number of fused-ring (bicyclic) bond motifs is 1. The summed E-state index contributed by atoms with van der Waals surface area (Å²) in [6, 6.07) is 5.54. The molecular formula is C14H17NO2. The molecule has 0 aliphatic rings. The van der Waals surface area contributed by atoms with Crippen LogP contribution in [0.4, 0.5) is 0 Å². The quantitative estimate of drug-likeness (QED) is 0.877. The smallest absolute Gasteiger partial charge is 0.335 e. The highest BCUT2D eigenvalue weighted by atomic mass is 16.4. The number of aromatic nitrogens is 1. The number of carboxylic acids is 1. The first-order valence-corrected chi connectivity index (χ1v) is 6.02. The van der Waals surface area contributed by atoms with Gasteiger partial charge in [0.05, 0.1) is 11.1 Å². The average Bonchev–Trinajstić information content (AvgIpc) is 2.72. The van der Waals surface area contributed by atoms with Crippen LogP contribution in [0.25, 0.3) is 10.9 Å². The minimum atomic E-state index is -0.857. The molecule has 3 nitrogen and oxygen atoms in total. The first kappa shape index (κ1) is 11.7. The predicted molar refractivity (Wildman–Crippen MR) is 68.6 cm³/mol. The summed E-state index contributed by atoms with van der Waals surface area (Å²) in [5.41, 5.74) is 2.67. The van der Waals surface area contributed by atoms with Crippen molar-refractivity contribution in [3.8, 4) is 0 Å². The molecule has 1 aromatic heterocycles. The summed E-state index contributed by atoms with van der Waals surface area (Å²) in [5, 5.41) is 10.1. The minimum absolute atomic E-state index is 0.378. The van der Waals surface area contributed by atoms with Crippen LogP contribution in [0, 0.1) is 0 Å². The van der Waals surface area contributed by atoms with E-state index in [1.807, 2.05) is 12.3 Å². The van der Waals surface area contributed by atoms with E-state index >= 15 is 0 Å². The Morgan fingerprint density at radius 2 is 2.12 bits per heavy atom. The van der Waals surface area contributed by atoms with Crippen molar-refractivity contribution in [3.63, 3.8) is 0 Å². The summed E-state index contributed by atoms with van der Waals surface area (Å²) in [7, 11) is 0. The first-order chi connectivity index (χ1) is 8.17. The number of aryl methyl sites for hydroxylation is 2. The molecule has 0 bridgehead atoms. The van der Waals surface area contributed by atoms with E-state index in [-0.39, 0.29) is 0 Å². The number of aromatic carboxylic acids is 1. The van der Waals surface area contributed by atoms with Crippen LogP contribution in [0.15, 0.2) is 24.4 Å². The topological polar surface area (TPSA) is 42.2 Å². The Hall–Kier alpha value is -1.77. The van der Waals surface area contributed by atoms with E-state index in [2.05, 4.69) is 18.4 Å². The molecule has 2 aromatic rings. The fourth-order valence-electron chi connectivity index (χ4n) is 2.26. The first-order valence-electron chi connectivity index (χ1n) is 6.02. The standard InChI is InChI=1S/C14H17NO2/c1-3-6-15-7-5-11-9-12(14(16)17)8-10(4-2)13(11)15/h5,7-9H,3-4,6H2,1-2H3,(H,16,17). The summed E-state index contributed by atoms with van der Waals surface area (Å²) in [5.74, 6) is -0.857. The molecule has 0 spiro atoms. The Morgan fingerprint density at radius 1 is 1.35 bits per heavy atom. The third-order valence-corrected chi connectivity index (χ3v) is 3.03. The van der Waals surface area contributed by atoms with Gasteiger partial charge >= 0.3 is 5.97 Å². The number of carboxylic acid groups (broad SMARTS) is 1. The van der Waals surface area contributed by atoms with Crippen LogP contribution in [0.3, 0.4) is 0 Å². The van der Waals surface area contributed by atoms with Gasteiger partial charge in [-0.1, -0.05) is 13.8 Å². The van der Waals surface area contributed by atoms with Gasteiger partial charge in [-0.3, -0.25) is 0 Å². The fourth-order valence-corrected chi connectivity index (χ4v) is 2.26. The van der Waals surface area contributed by atoms with Gasteiger partial charge in [0, 0.05) is 18.1 Å². The molecule has 0 saturated heterocycles. The minimum Gasteiger partial charge on any atom is -0.478 e. The van der Waals surface area contributed by atoms with Gasteiger partial charge < -0.3 is 9.67 Å². The summed E-state index contributed by atoms with van der Waals surface area (Å²) >= 11 is 0. The normalized spacial score (nSPS) is 10.9. The molecular weight excluding hydrogens is 214 g/mol. The van der Waals surface area contributed by atoms with E-state index in [9.17, 15) is 4.79 Å². The van der Waals surface area contributed by atoms with Gasteiger partial charge in [-0.05, 0) is 36.6 Å². The Morgan fingerprint density at radius 3 is 2.71 bits per heavy atom. The van der Waals surface area contributed by atoms with Crippen LogP contribution in [-0.2, 0) is 13.0 Å². The number of benzene rings is 1. The summed E-state index contributed by atoms with van der Waals surface area (Å²) in [6.45, 7) is 5.18. The van der Waals surface area contributed by atoms with E-state index in [0.717, 1.165) is 30.3 Å². The monoisotopic (exact) mass is 231 g/mol. The lowest BCUT2D eigenvalue weighted by Gasteiger charge is -2.08. The van der Waals surface area contributed by atoms with Gasteiger partial charge in [-0.2, -0.15) is 0 Å². The molecule has 2 rings (SSSR count). The summed E-state index contributed by atoms with van der Waals surface area (Å²) in [6.07, 6.45) is 3.97. The van der Waals surface area contributed by atoms with E-state index in [0.29, 0.717) is 5.56 Å². The largest absolute Gasteiger partial charge is 0.478 e. The number of nitrogens with zero attached hydrogens (tertiary/aromatic N) is 1. The third-order valence-electron chi connectivity index (χ3n) is 3.03. The second kappa shape index (κ2) is 4.62. The Balaban J connectivity index is 2.66. The number of hydrogen-bond acceptors (Lipinski definition) is 1. The van der Waals surface area contributed by atoms with Crippen LogP contribution in [0.1, 0.15) is 36.2 Å². The van der Waals surface area contributed by atoms with Crippen molar-refractivity contribution in [2.75, 3.05) is 0 Å². The Kier molecular flexibility index (Phi) is 3.18. The van der Waals surface area contributed by atoms with Crippen molar-refractivity contribution in [1.82, 2.24) is 4.57 Å². The highest BCUT2D eigenvalue weighted by Crippen LogP contribution is 2.23. The van der Waals surface area contributed by atoms with E-state index < -0.39 is 5.97 Å². The van der Waals surface area contributed by atoms with E-state index in [1.165, 1.54) is 5.52 Å². The average molecular weight is 231 g/mol. The zero-order valence-corrected chi connectivity index (χ0v) is 10.2. The maximum atomic E-state index is 11.0. The van der Waals surface area contributed by atoms with Gasteiger partial charge in [0.2, 0.25) is 0 Å². The molecule has 0 amide bonds.